The highest BCUT2D eigenvalue weighted by Gasteiger charge is 2.27. The average Bonchev–Trinajstić information content (AvgIpc) is 3.26. The largest absolute Gasteiger partial charge is 0.454 e. The molecule has 2 heterocycles. The predicted octanol–water partition coefficient (Wildman–Crippen LogP) is 2.91. The minimum atomic E-state index is -4.34. The molecule has 0 saturated carbocycles. The van der Waals surface area contributed by atoms with Crippen LogP contribution in [0.4, 0.5) is 13.2 Å². The molecule has 0 amide bonds. The Balaban J connectivity index is 1.57. The van der Waals surface area contributed by atoms with Gasteiger partial charge in [0.15, 0.2) is 11.5 Å². The Morgan fingerprint density at radius 3 is 2.81 bits per heavy atom. The molecule has 0 spiro atoms. The summed E-state index contributed by atoms with van der Waals surface area (Å²) in [5.74, 6) is 1.37. The van der Waals surface area contributed by atoms with Gasteiger partial charge in [0, 0.05) is 30.6 Å². The number of nitrogens with zero attached hydrogens (tertiary/aromatic N) is 2. The molecule has 6 nitrogen and oxygen atoms in total. The van der Waals surface area contributed by atoms with Crippen molar-refractivity contribution in [2.45, 2.75) is 12.7 Å². The summed E-state index contributed by atoms with van der Waals surface area (Å²) >= 11 is 1.46. The minimum Gasteiger partial charge on any atom is -0.454 e. The fourth-order valence-electron chi connectivity index (χ4n) is 2.56. The first-order valence-corrected chi connectivity index (χ1v) is 9.15. The number of thiazole rings is 1. The summed E-state index contributed by atoms with van der Waals surface area (Å²) in [6.45, 7) is -0.229. The van der Waals surface area contributed by atoms with Gasteiger partial charge in [-0.3, -0.25) is 4.90 Å². The number of aliphatic hydroxyl groups excluding tert-OH is 1. The number of halogens is 3. The summed E-state index contributed by atoms with van der Waals surface area (Å²) in [6, 6.07) is 5.59. The topological polar surface area (TPSA) is 64.1 Å². The van der Waals surface area contributed by atoms with Gasteiger partial charge in [-0.25, -0.2) is 4.98 Å². The number of rotatable bonds is 9. The van der Waals surface area contributed by atoms with Crippen LogP contribution in [-0.4, -0.2) is 60.9 Å². The van der Waals surface area contributed by atoms with Crippen LogP contribution in [0.25, 0.3) is 10.6 Å². The number of aromatic nitrogens is 1. The zero-order valence-electron chi connectivity index (χ0n) is 14.4. The zero-order chi connectivity index (χ0) is 19.3. The highest BCUT2D eigenvalue weighted by atomic mass is 32.1. The summed E-state index contributed by atoms with van der Waals surface area (Å²) < 4.78 is 51.6. The number of hydrogen-bond acceptors (Lipinski definition) is 7. The number of hydrogen-bond donors (Lipinski definition) is 1. The van der Waals surface area contributed by atoms with E-state index in [4.69, 9.17) is 14.6 Å². The molecule has 2 aromatic rings. The van der Waals surface area contributed by atoms with Crippen molar-refractivity contribution < 1.29 is 32.5 Å². The molecule has 0 unspecified atom stereocenters. The van der Waals surface area contributed by atoms with E-state index in [1.54, 1.807) is 4.90 Å². The summed E-state index contributed by atoms with van der Waals surface area (Å²) in [5.41, 5.74) is 1.68. The quantitative estimate of drug-likeness (QED) is 0.649. The second-order valence-electron chi connectivity index (χ2n) is 5.88. The van der Waals surface area contributed by atoms with E-state index in [2.05, 4.69) is 9.72 Å². The molecule has 148 valence electrons. The molecule has 0 aliphatic carbocycles. The van der Waals surface area contributed by atoms with Gasteiger partial charge >= 0.3 is 6.18 Å². The third-order valence-corrected chi connectivity index (χ3v) is 4.73. The number of ether oxygens (including phenoxy) is 3. The smallest absolute Gasteiger partial charge is 0.411 e. The van der Waals surface area contributed by atoms with Crippen molar-refractivity contribution in [1.29, 1.82) is 0 Å². The van der Waals surface area contributed by atoms with Crippen molar-refractivity contribution in [3.05, 3.63) is 29.3 Å². The van der Waals surface area contributed by atoms with E-state index in [0.717, 1.165) is 16.3 Å². The molecular formula is C17H19F3N2O4S. The van der Waals surface area contributed by atoms with E-state index in [9.17, 15) is 13.2 Å². The van der Waals surface area contributed by atoms with Crippen molar-refractivity contribution in [3.8, 4) is 22.1 Å². The van der Waals surface area contributed by atoms with E-state index >= 15 is 0 Å². The maximum absolute atomic E-state index is 12.1. The average molecular weight is 404 g/mol. The second-order valence-corrected chi connectivity index (χ2v) is 6.74. The Labute approximate surface area is 158 Å². The van der Waals surface area contributed by atoms with Crippen LogP contribution in [-0.2, 0) is 11.3 Å². The summed E-state index contributed by atoms with van der Waals surface area (Å²) in [4.78, 5) is 6.37. The Morgan fingerprint density at radius 2 is 2.04 bits per heavy atom. The minimum absolute atomic E-state index is 0.0708. The first-order chi connectivity index (χ1) is 12.9. The van der Waals surface area contributed by atoms with Gasteiger partial charge in [0.05, 0.1) is 18.9 Å². The molecule has 1 aliphatic rings. The third-order valence-electron chi connectivity index (χ3n) is 3.79. The van der Waals surface area contributed by atoms with Gasteiger partial charge < -0.3 is 19.3 Å². The lowest BCUT2D eigenvalue weighted by Crippen LogP contribution is -2.31. The monoisotopic (exact) mass is 404 g/mol. The maximum atomic E-state index is 12.1. The Hall–Kier alpha value is -1.88. The second kappa shape index (κ2) is 8.87. The molecule has 0 saturated heterocycles. The SMILES string of the molecule is OCCN(CCOCC(F)(F)F)Cc1csc(-c2ccc3c(c2)OCO3)n1. The zero-order valence-corrected chi connectivity index (χ0v) is 15.2. The van der Waals surface area contributed by atoms with Crippen molar-refractivity contribution in [2.24, 2.45) is 0 Å². The molecule has 0 atom stereocenters. The normalized spacial score (nSPS) is 13.5. The molecule has 1 N–H and O–H groups in total. The van der Waals surface area contributed by atoms with Crippen LogP contribution in [0.3, 0.4) is 0 Å². The number of aliphatic hydroxyl groups is 1. The molecule has 1 aliphatic heterocycles. The summed E-state index contributed by atoms with van der Waals surface area (Å²) in [5, 5.41) is 11.9. The third kappa shape index (κ3) is 5.80. The van der Waals surface area contributed by atoms with Crippen LogP contribution in [0.2, 0.25) is 0 Å². The first-order valence-electron chi connectivity index (χ1n) is 8.27. The predicted molar refractivity (Wildman–Crippen MR) is 92.9 cm³/mol. The molecule has 3 rings (SSSR count). The van der Waals surface area contributed by atoms with Crippen LogP contribution in [0.5, 0.6) is 11.5 Å². The van der Waals surface area contributed by atoms with Gasteiger partial charge in [0.1, 0.15) is 11.6 Å². The van der Waals surface area contributed by atoms with Gasteiger partial charge in [-0.05, 0) is 18.2 Å². The molecule has 0 bridgehead atoms. The summed E-state index contributed by atoms with van der Waals surface area (Å²) in [6.07, 6.45) is -4.34. The Kier molecular flexibility index (Phi) is 6.53. The van der Waals surface area contributed by atoms with E-state index < -0.39 is 12.8 Å². The van der Waals surface area contributed by atoms with Gasteiger partial charge in [0.25, 0.3) is 0 Å². The fraction of sp³-hybridized carbons (Fsp3) is 0.471. The standard InChI is InChI=1S/C17H19F3N2O4S/c18-17(19,20)10-24-6-4-22(3-5-23)8-13-9-27-16(21-13)12-1-2-14-15(7-12)26-11-25-14/h1-2,7,9,23H,3-6,8,10-11H2. The lowest BCUT2D eigenvalue weighted by molar-refractivity contribution is -0.174. The van der Waals surface area contributed by atoms with Crippen LogP contribution < -0.4 is 9.47 Å². The number of benzene rings is 1. The molecule has 0 fully saturated rings. The highest BCUT2D eigenvalue weighted by Crippen LogP contribution is 2.36. The van der Waals surface area contributed by atoms with Crippen LogP contribution in [0, 0.1) is 0 Å². The van der Waals surface area contributed by atoms with Gasteiger partial charge in [-0.1, -0.05) is 0 Å². The maximum Gasteiger partial charge on any atom is 0.411 e. The highest BCUT2D eigenvalue weighted by molar-refractivity contribution is 7.13. The lowest BCUT2D eigenvalue weighted by Gasteiger charge is -2.20. The number of alkyl halides is 3. The van der Waals surface area contributed by atoms with Gasteiger partial charge in [-0.15, -0.1) is 11.3 Å². The molecule has 27 heavy (non-hydrogen) atoms. The summed E-state index contributed by atoms with van der Waals surface area (Å²) in [7, 11) is 0. The Morgan fingerprint density at radius 1 is 1.22 bits per heavy atom. The van der Waals surface area contributed by atoms with E-state index in [0.29, 0.717) is 24.6 Å². The van der Waals surface area contributed by atoms with Crippen LogP contribution in [0.1, 0.15) is 5.69 Å². The molecule has 0 radical (unpaired) electrons. The molecular weight excluding hydrogens is 385 g/mol. The van der Waals surface area contributed by atoms with E-state index in [-0.39, 0.29) is 26.6 Å². The fourth-order valence-corrected chi connectivity index (χ4v) is 3.37. The molecule has 1 aromatic heterocycles. The molecule has 1 aromatic carbocycles. The molecule has 10 heteroatoms. The Bertz CT molecular complexity index is 754. The number of fused-ring (bicyclic) bond motifs is 1. The van der Waals surface area contributed by atoms with Crippen molar-refractivity contribution in [2.75, 3.05) is 39.7 Å². The lowest BCUT2D eigenvalue weighted by atomic mass is 10.2. The first kappa shape index (κ1) is 19.9. The van der Waals surface area contributed by atoms with Gasteiger partial charge in [-0.2, -0.15) is 13.2 Å². The van der Waals surface area contributed by atoms with Crippen LogP contribution in [0.15, 0.2) is 23.6 Å². The van der Waals surface area contributed by atoms with Crippen molar-refractivity contribution >= 4 is 11.3 Å². The van der Waals surface area contributed by atoms with Gasteiger partial charge in [0.2, 0.25) is 6.79 Å². The van der Waals surface area contributed by atoms with Crippen molar-refractivity contribution in [3.63, 3.8) is 0 Å². The van der Waals surface area contributed by atoms with Crippen LogP contribution >= 0.6 is 11.3 Å². The van der Waals surface area contributed by atoms with E-state index in [1.807, 2.05) is 23.6 Å². The van der Waals surface area contributed by atoms with Crippen molar-refractivity contribution in [1.82, 2.24) is 9.88 Å². The van der Waals surface area contributed by atoms with E-state index in [1.165, 1.54) is 11.3 Å².